The lowest BCUT2D eigenvalue weighted by molar-refractivity contribution is 0.273. The van der Waals surface area contributed by atoms with Crippen molar-refractivity contribution in [2.75, 3.05) is 0 Å². The molecule has 0 saturated carbocycles. The molecular formula is C19H19FN2O. The van der Waals surface area contributed by atoms with Crippen LogP contribution in [0.1, 0.15) is 31.2 Å². The summed E-state index contributed by atoms with van der Waals surface area (Å²) in [6.45, 7) is 3.97. The van der Waals surface area contributed by atoms with Crippen LogP contribution in [0.25, 0.3) is 17.1 Å². The van der Waals surface area contributed by atoms with Crippen molar-refractivity contribution in [3.8, 4) is 17.1 Å². The summed E-state index contributed by atoms with van der Waals surface area (Å²) < 4.78 is 15.2. The number of aliphatic hydroxyl groups excluding tert-OH is 1. The monoisotopic (exact) mass is 310 g/mol. The second-order valence-electron chi connectivity index (χ2n) is 5.76. The van der Waals surface area contributed by atoms with Crippen LogP contribution >= 0.6 is 0 Å². The van der Waals surface area contributed by atoms with Crippen LogP contribution in [0.4, 0.5) is 4.39 Å². The van der Waals surface area contributed by atoms with Gasteiger partial charge in [0, 0.05) is 11.3 Å². The lowest BCUT2D eigenvalue weighted by Gasteiger charge is -2.12. The van der Waals surface area contributed by atoms with Gasteiger partial charge in [-0.05, 0) is 30.2 Å². The van der Waals surface area contributed by atoms with Crippen molar-refractivity contribution < 1.29 is 9.50 Å². The predicted molar refractivity (Wildman–Crippen MR) is 89.0 cm³/mol. The number of halogens is 1. The van der Waals surface area contributed by atoms with Gasteiger partial charge in [-0.25, -0.2) is 9.37 Å². The van der Waals surface area contributed by atoms with E-state index in [9.17, 15) is 9.50 Å². The zero-order chi connectivity index (χ0) is 16.4. The summed E-state index contributed by atoms with van der Waals surface area (Å²) in [5, 5.41) is 9.89. The molecule has 0 saturated heterocycles. The smallest absolute Gasteiger partial charge is 0.145 e. The van der Waals surface area contributed by atoms with Crippen LogP contribution in [0.5, 0.6) is 0 Å². The Balaban J connectivity index is 2.28. The summed E-state index contributed by atoms with van der Waals surface area (Å²) in [6, 6.07) is 16.0. The van der Waals surface area contributed by atoms with Crippen molar-refractivity contribution in [3.05, 3.63) is 71.8 Å². The molecule has 0 radical (unpaired) electrons. The zero-order valence-corrected chi connectivity index (χ0v) is 13.2. The molecule has 23 heavy (non-hydrogen) atoms. The molecule has 4 heteroatoms. The maximum absolute atomic E-state index is 13.3. The fourth-order valence-electron chi connectivity index (χ4n) is 2.73. The minimum atomic E-state index is -0.287. The lowest BCUT2D eigenvalue weighted by Crippen LogP contribution is -2.04. The second kappa shape index (κ2) is 6.34. The summed E-state index contributed by atoms with van der Waals surface area (Å²) in [4.78, 5) is 4.76. The molecule has 1 aromatic heterocycles. The highest BCUT2D eigenvalue weighted by Crippen LogP contribution is 2.30. The van der Waals surface area contributed by atoms with Crippen molar-refractivity contribution in [1.29, 1.82) is 0 Å². The minimum Gasteiger partial charge on any atom is -0.390 e. The van der Waals surface area contributed by atoms with Crippen LogP contribution in [0.15, 0.2) is 54.6 Å². The molecule has 0 aliphatic carbocycles. The van der Waals surface area contributed by atoms with E-state index in [1.54, 1.807) is 12.1 Å². The molecule has 0 unspecified atom stereocenters. The molecule has 3 rings (SSSR count). The van der Waals surface area contributed by atoms with Crippen LogP contribution < -0.4 is 0 Å². The van der Waals surface area contributed by atoms with E-state index in [0.717, 1.165) is 28.5 Å². The maximum atomic E-state index is 13.3. The van der Waals surface area contributed by atoms with Crippen LogP contribution in [0.3, 0.4) is 0 Å². The minimum absolute atomic E-state index is 0.120. The molecule has 3 aromatic rings. The van der Waals surface area contributed by atoms with Crippen LogP contribution in [-0.2, 0) is 6.61 Å². The van der Waals surface area contributed by atoms with E-state index in [-0.39, 0.29) is 18.3 Å². The van der Waals surface area contributed by atoms with Gasteiger partial charge in [-0.15, -0.1) is 0 Å². The van der Waals surface area contributed by atoms with Gasteiger partial charge < -0.3 is 5.11 Å². The van der Waals surface area contributed by atoms with Gasteiger partial charge in [-0.3, -0.25) is 4.57 Å². The van der Waals surface area contributed by atoms with Crippen molar-refractivity contribution >= 4 is 0 Å². The van der Waals surface area contributed by atoms with Crippen molar-refractivity contribution in [2.45, 2.75) is 26.4 Å². The Morgan fingerprint density at radius 2 is 1.70 bits per heavy atom. The second-order valence-corrected chi connectivity index (χ2v) is 5.76. The molecular weight excluding hydrogens is 291 g/mol. The van der Waals surface area contributed by atoms with Gasteiger partial charge in [-0.1, -0.05) is 44.2 Å². The number of aromatic nitrogens is 2. The Bertz CT molecular complexity index is 792. The molecule has 0 aliphatic heterocycles. The predicted octanol–water partition coefficient (Wildman–Crippen LogP) is 4.29. The largest absolute Gasteiger partial charge is 0.390 e. The van der Waals surface area contributed by atoms with Gasteiger partial charge in [-0.2, -0.15) is 0 Å². The maximum Gasteiger partial charge on any atom is 0.145 e. The first-order valence-electron chi connectivity index (χ1n) is 7.65. The highest BCUT2D eigenvalue weighted by atomic mass is 19.1. The normalized spacial score (nSPS) is 11.2. The number of hydrogen-bond donors (Lipinski definition) is 1. The molecule has 0 fully saturated rings. The van der Waals surface area contributed by atoms with Gasteiger partial charge in [0.15, 0.2) is 0 Å². The molecule has 0 bridgehead atoms. The standard InChI is InChI=1S/C19H19FN2O/c1-13(2)18-17(12-23)22(16-10-8-15(20)9-11-16)19(21-18)14-6-4-3-5-7-14/h3-11,13,23H,12H2,1-2H3. The van der Waals surface area contributed by atoms with Gasteiger partial charge >= 0.3 is 0 Å². The number of aliphatic hydroxyl groups is 1. The number of hydrogen-bond acceptors (Lipinski definition) is 2. The molecule has 2 aromatic carbocycles. The fraction of sp³-hybridized carbons (Fsp3) is 0.211. The third-order valence-corrected chi connectivity index (χ3v) is 3.82. The van der Waals surface area contributed by atoms with E-state index in [4.69, 9.17) is 4.98 Å². The average molecular weight is 310 g/mol. The molecule has 1 N–H and O–H groups in total. The van der Waals surface area contributed by atoms with E-state index >= 15 is 0 Å². The Morgan fingerprint density at radius 3 is 2.26 bits per heavy atom. The number of rotatable bonds is 4. The summed E-state index contributed by atoms with van der Waals surface area (Å²) in [6.07, 6.45) is 0. The lowest BCUT2D eigenvalue weighted by atomic mass is 10.1. The molecule has 0 amide bonds. The van der Waals surface area contributed by atoms with Gasteiger partial charge in [0.1, 0.15) is 11.6 Å². The Kier molecular flexibility index (Phi) is 4.26. The van der Waals surface area contributed by atoms with E-state index < -0.39 is 0 Å². The molecule has 1 heterocycles. The Labute approximate surface area is 135 Å². The fourth-order valence-corrected chi connectivity index (χ4v) is 2.73. The average Bonchev–Trinajstić information content (AvgIpc) is 2.96. The topological polar surface area (TPSA) is 38.0 Å². The van der Waals surface area contributed by atoms with Crippen LogP contribution in [-0.4, -0.2) is 14.7 Å². The quantitative estimate of drug-likeness (QED) is 0.780. The highest BCUT2D eigenvalue weighted by molar-refractivity contribution is 5.61. The molecule has 118 valence electrons. The zero-order valence-electron chi connectivity index (χ0n) is 13.2. The van der Waals surface area contributed by atoms with Crippen LogP contribution in [0.2, 0.25) is 0 Å². The van der Waals surface area contributed by atoms with Crippen molar-refractivity contribution in [2.24, 2.45) is 0 Å². The van der Waals surface area contributed by atoms with Gasteiger partial charge in [0.05, 0.1) is 18.0 Å². The van der Waals surface area contributed by atoms with Gasteiger partial charge in [0.2, 0.25) is 0 Å². The van der Waals surface area contributed by atoms with E-state index in [1.165, 1.54) is 12.1 Å². The number of nitrogens with zero attached hydrogens (tertiary/aromatic N) is 2. The Hall–Kier alpha value is -2.46. The first-order chi connectivity index (χ1) is 11.1. The van der Waals surface area contributed by atoms with E-state index in [2.05, 4.69) is 0 Å². The number of imidazole rings is 1. The summed E-state index contributed by atoms with van der Waals surface area (Å²) >= 11 is 0. The summed E-state index contributed by atoms with van der Waals surface area (Å²) in [5.74, 6) is 0.649. The summed E-state index contributed by atoms with van der Waals surface area (Å²) in [7, 11) is 0. The van der Waals surface area contributed by atoms with Crippen molar-refractivity contribution in [1.82, 2.24) is 9.55 Å². The number of benzene rings is 2. The molecule has 3 nitrogen and oxygen atoms in total. The highest BCUT2D eigenvalue weighted by Gasteiger charge is 2.20. The summed E-state index contributed by atoms with van der Waals surface area (Å²) in [5.41, 5.74) is 3.34. The van der Waals surface area contributed by atoms with E-state index in [0.29, 0.717) is 0 Å². The third-order valence-electron chi connectivity index (χ3n) is 3.82. The van der Waals surface area contributed by atoms with Crippen LogP contribution in [0, 0.1) is 5.82 Å². The van der Waals surface area contributed by atoms with Crippen molar-refractivity contribution in [3.63, 3.8) is 0 Å². The Morgan fingerprint density at radius 1 is 1.04 bits per heavy atom. The third kappa shape index (κ3) is 2.90. The first kappa shape index (κ1) is 15.4. The molecule has 0 spiro atoms. The first-order valence-corrected chi connectivity index (χ1v) is 7.65. The van der Waals surface area contributed by atoms with Gasteiger partial charge in [0.25, 0.3) is 0 Å². The molecule has 0 aliphatic rings. The van der Waals surface area contributed by atoms with E-state index in [1.807, 2.05) is 48.7 Å². The molecule has 0 atom stereocenters. The SMILES string of the molecule is CC(C)c1nc(-c2ccccc2)n(-c2ccc(F)cc2)c1CO.